The molecule has 57 heavy (non-hydrogen) atoms. The maximum Gasteiger partial charge on any atom is 0.433 e. The Balaban J connectivity index is 0.861. The van der Waals surface area contributed by atoms with Gasteiger partial charge < -0.3 is 20.9 Å². The number of fused-ring (bicyclic) bond motifs is 1. The van der Waals surface area contributed by atoms with E-state index >= 15 is 0 Å². The van der Waals surface area contributed by atoms with Crippen LogP contribution in [0.3, 0.4) is 0 Å². The molecule has 18 heteroatoms. The standard InChI is InChI=1S/C39H39F3N10O5/c1-48-33-27(5-3-6-28(33)52(37(48)57)29-12-13-31(53)46-36(29)56)50-18-15-38(16-19-50)21-49(22-38)17-14-23-8-10-24(11-9-23)51-20-26(32(47-51)34(43)54)45-35(55)25-4-2-7-30(44-25)39(40,41)42/h2-11,20,29H,12-19,21-22H2,1H3,(H2,43,54)(H,45,55)(H,46,53,56). The molecule has 8 rings (SSSR count). The zero-order chi connectivity index (χ0) is 40.2. The second-order valence-electron chi connectivity index (χ2n) is 15.0. The van der Waals surface area contributed by atoms with Gasteiger partial charge in [-0.2, -0.15) is 18.3 Å². The molecule has 3 fully saturated rings. The first kappa shape index (κ1) is 37.6. The number of aromatic nitrogens is 5. The molecule has 15 nitrogen and oxygen atoms in total. The number of aryl methyl sites for hydroxylation is 1. The highest BCUT2D eigenvalue weighted by atomic mass is 19.4. The van der Waals surface area contributed by atoms with E-state index in [1.165, 1.54) is 15.4 Å². The lowest BCUT2D eigenvalue weighted by Crippen LogP contribution is -2.60. The Labute approximate surface area is 323 Å². The summed E-state index contributed by atoms with van der Waals surface area (Å²) in [5, 5.41) is 8.97. The molecule has 296 valence electrons. The maximum atomic E-state index is 13.4. The number of amides is 4. The number of nitrogens with zero attached hydrogens (tertiary/aromatic N) is 7. The van der Waals surface area contributed by atoms with Gasteiger partial charge in [0.25, 0.3) is 11.8 Å². The van der Waals surface area contributed by atoms with Crippen LogP contribution in [0.4, 0.5) is 24.5 Å². The van der Waals surface area contributed by atoms with E-state index in [0.717, 1.165) is 87.0 Å². The van der Waals surface area contributed by atoms with Crippen LogP contribution in [-0.4, -0.2) is 85.2 Å². The van der Waals surface area contributed by atoms with E-state index in [9.17, 15) is 37.1 Å². The molecule has 0 aliphatic carbocycles. The minimum absolute atomic E-state index is 0.0696. The Hall–Kier alpha value is -6.30. The number of nitrogens with one attached hydrogen (secondary N) is 2. The molecular formula is C39H39F3N10O5. The van der Waals surface area contributed by atoms with Crippen molar-refractivity contribution < 1.29 is 32.3 Å². The fourth-order valence-electron chi connectivity index (χ4n) is 8.29. The fourth-order valence-corrected chi connectivity index (χ4v) is 8.29. The highest BCUT2D eigenvalue weighted by Gasteiger charge is 2.45. The number of primary amides is 1. The van der Waals surface area contributed by atoms with Crippen molar-refractivity contribution in [2.24, 2.45) is 18.2 Å². The van der Waals surface area contributed by atoms with Crippen molar-refractivity contribution in [1.82, 2.24) is 34.1 Å². The van der Waals surface area contributed by atoms with Crippen molar-refractivity contribution >= 4 is 46.0 Å². The lowest BCUT2D eigenvalue weighted by Gasteiger charge is -2.54. The van der Waals surface area contributed by atoms with Crippen molar-refractivity contribution in [2.45, 2.75) is 44.3 Å². The number of imidazole rings is 1. The van der Waals surface area contributed by atoms with Gasteiger partial charge in [0.15, 0.2) is 5.69 Å². The summed E-state index contributed by atoms with van der Waals surface area (Å²) in [5.74, 6) is -2.66. The Bertz CT molecular complexity index is 2470. The lowest BCUT2D eigenvalue weighted by atomic mass is 9.72. The second-order valence-corrected chi connectivity index (χ2v) is 15.0. The second kappa shape index (κ2) is 14.3. The molecule has 6 heterocycles. The van der Waals surface area contributed by atoms with Gasteiger partial charge in [0.05, 0.1) is 34.3 Å². The molecule has 0 radical (unpaired) electrons. The molecule has 1 atom stereocenters. The summed E-state index contributed by atoms with van der Waals surface area (Å²) in [6, 6.07) is 15.5. The largest absolute Gasteiger partial charge is 0.433 e. The Morgan fingerprint density at radius 2 is 1.72 bits per heavy atom. The number of likely N-dealkylation sites (tertiary alicyclic amines) is 1. The van der Waals surface area contributed by atoms with Crippen LogP contribution >= 0.6 is 0 Å². The molecule has 0 bridgehead atoms. The summed E-state index contributed by atoms with van der Waals surface area (Å²) in [6.07, 6.45) is -0.0778. The number of hydrogen-bond donors (Lipinski definition) is 3. The number of carbonyl (C=O) groups excluding carboxylic acids is 4. The maximum absolute atomic E-state index is 13.4. The summed E-state index contributed by atoms with van der Waals surface area (Å²) in [4.78, 5) is 70.9. The molecule has 3 aliphatic heterocycles. The topological polar surface area (TPSA) is 182 Å². The molecule has 1 spiro atoms. The molecule has 2 aromatic carbocycles. The first-order valence-corrected chi connectivity index (χ1v) is 18.5. The number of alkyl halides is 3. The number of para-hydroxylation sites is 1. The van der Waals surface area contributed by atoms with Gasteiger partial charge in [-0.1, -0.05) is 24.3 Å². The van der Waals surface area contributed by atoms with Crippen molar-refractivity contribution in [1.29, 1.82) is 0 Å². The molecule has 3 aromatic heterocycles. The van der Waals surface area contributed by atoms with E-state index in [-0.39, 0.29) is 41.2 Å². The number of piperidine rings is 2. The van der Waals surface area contributed by atoms with Gasteiger partial charge in [-0.25, -0.2) is 14.5 Å². The third kappa shape index (κ3) is 7.16. The van der Waals surface area contributed by atoms with Crippen molar-refractivity contribution in [2.75, 3.05) is 42.9 Å². The Morgan fingerprint density at radius 1 is 1.00 bits per heavy atom. The average Bonchev–Trinajstić information content (AvgIpc) is 3.71. The SMILES string of the molecule is Cn1c(=O)n(C2CCC(=O)NC2=O)c2cccc(N3CCC4(CC3)CN(CCc3ccc(-n5cc(NC(=O)c6cccc(C(F)(F)F)n6)c(C(N)=O)n5)cc3)C4)c21. The normalized spacial score (nSPS) is 18.5. The van der Waals surface area contributed by atoms with Crippen molar-refractivity contribution in [3.05, 3.63) is 100.0 Å². The van der Waals surface area contributed by atoms with Gasteiger partial charge in [0.2, 0.25) is 11.8 Å². The summed E-state index contributed by atoms with van der Waals surface area (Å²) >= 11 is 0. The van der Waals surface area contributed by atoms with E-state index in [1.54, 1.807) is 11.6 Å². The van der Waals surface area contributed by atoms with Gasteiger partial charge in [0.1, 0.15) is 17.4 Å². The van der Waals surface area contributed by atoms with E-state index in [1.807, 2.05) is 42.5 Å². The highest BCUT2D eigenvalue weighted by molar-refractivity contribution is 6.07. The third-order valence-corrected chi connectivity index (χ3v) is 11.3. The first-order valence-electron chi connectivity index (χ1n) is 18.5. The predicted octanol–water partition coefficient (Wildman–Crippen LogP) is 3.41. The summed E-state index contributed by atoms with van der Waals surface area (Å²) in [6.45, 7) is 4.52. The van der Waals surface area contributed by atoms with Crippen LogP contribution < -0.4 is 27.0 Å². The van der Waals surface area contributed by atoms with Crippen molar-refractivity contribution in [3.63, 3.8) is 0 Å². The minimum Gasteiger partial charge on any atom is -0.370 e. The van der Waals surface area contributed by atoms with Crippen molar-refractivity contribution in [3.8, 4) is 5.69 Å². The quantitative estimate of drug-likeness (QED) is 0.189. The van der Waals surface area contributed by atoms with Gasteiger partial charge >= 0.3 is 11.9 Å². The van der Waals surface area contributed by atoms with E-state index < -0.39 is 41.3 Å². The number of hydrogen-bond acceptors (Lipinski definition) is 9. The number of imide groups is 1. The molecule has 1 unspecified atom stereocenters. The number of nitrogens with two attached hydrogens (primary N) is 1. The fraction of sp³-hybridized carbons (Fsp3) is 0.359. The Kier molecular flexibility index (Phi) is 9.46. The first-order chi connectivity index (χ1) is 27.2. The molecule has 3 aliphatic rings. The van der Waals surface area contributed by atoms with Gasteiger partial charge in [-0.15, -0.1) is 0 Å². The van der Waals surface area contributed by atoms with Crippen LogP contribution in [0.2, 0.25) is 0 Å². The predicted molar refractivity (Wildman–Crippen MR) is 202 cm³/mol. The van der Waals surface area contributed by atoms with Gasteiger partial charge in [0, 0.05) is 46.2 Å². The van der Waals surface area contributed by atoms with Crippen LogP contribution in [0.25, 0.3) is 16.7 Å². The van der Waals surface area contributed by atoms with Gasteiger partial charge in [-0.05, 0) is 73.1 Å². The summed E-state index contributed by atoms with van der Waals surface area (Å²) in [5.41, 5.74) is 7.48. The number of halogens is 3. The monoisotopic (exact) mass is 784 g/mol. The minimum atomic E-state index is -4.73. The third-order valence-electron chi connectivity index (χ3n) is 11.3. The van der Waals surface area contributed by atoms with Crippen LogP contribution in [0.1, 0.15) is 64.0 Å². The number of pyridine rings is 1. The summed E-state index contributed by atoms with van der Waals surface area (Å²) in [7, 11) is 1.72. The average molecular weight is 785 g/mol. The number of benzene rings is 2. The molecule has 3 saturated heterocycles. The number of carbonyl (C=O) groups is 4. The smallest absolute Gasteiger partial charge is 0.370 e. The van der Waals surface area contributed by atoms with E-state index in [0.29, 0.717) is 11.2 Å². The van der Waals surface area contributed by atoms with Crippen LogP contribution in [-0.2, 0) is 29.2 Å². The molecule has 4 N–H and O–H groups in total. The molecule has 0 saturated carbocycles. The van der Waals surface area contributed by atoms with Crippen LogP contribution in [0, 0.1) is 5.41 Å². The lowest BCUT2D eigenvalue weighted by molar-refractivity contribution is -0.141. The number of rotatable bonds is 9. The van der Waals surface area contributed by atoms with E-state index in [2.05, 4.69) is 30.5 Å². The zero-order valence-corrected chi connectivity index (χ0v) is 30.9. The molecule has 5 aromatic rings. The van der Waals surface area contributed by atoms with Crippen LogP contribution in [0.15, 0.2) is 71.7 Å². The van der Waals surface area contributed by atoms with Gasteiger partial charge in [-0.3, -0.25) is 33.6 Å². The molecule has 4 amide bonds. The summed E-state index contributed by atoms with van der Waals surface area (Å²) < 4.78 is 43.8. The Morgan fingerprint density at radius 3 is 2.40 bits per heavy atom. The van der Waals surface area contributed by atoms with Crippen LogP contribution in [0.5, 0.6) is 0 Å². The molecular weight excluding hydrogens is 745 g/mol. The number of anilines is 2. The highest BCUT2D eigenvalue weighted by Crippen LogP contribution is 2.42. The zero-order valence-electron chi connectivity index (χ0n) is 30.9. The van der Waals surface area contributed by atoms with E-state index in [4.69, 9.17) is 5.73 Å².